The van der Waals surface area contributed by atoms with Gasteiger partial charge in [-0.1, -0.05) is 34.1 Å². The van der Waals surface area contributed by atoms with Crippen LogP contribution in [-0.2, 0) is 4.74 Å². The van der Waals surface area contributed by atoms with Crippen LogP contribution in [0.4, 0.5) is 0 Å². The van der Waals surface area contributed by atoms with E-state index in [2.05, 4.69) is 20.9 Å². The summed E-state index contributed by atoms with van der Waals surface area (Å²) in [5.41, 5.74) is 0.843. The van der Waals surface area contributed by atoms with Gasteiger partial charge in [0.15, 0.2) is 5.76 Å². The zero-order chi connectivity index (χ0) is 12.3. The van der Waals surface area contributed by atoms with Crippen molar-refractivity contribution in [2.45, 2.75) is 6.92 Å². The zero-order valence-electron chi connectivity index (χ0n) is 9.14. The van der Waals surface area contributed by atoms with Crippen LogP contribution < -0.4 is 0 Å². The Kier molecular flexibility index (Phi) is 3.58. The lowest BCUT2D eigenvalue weighted by Gasteiger charge is -1.99. The number of rotatable bonds is 3. The highest BCUT2D eigenvalue weighted by atomic mass is 79.9. The van der Waals surface area contributed by atoms with E-state index in [9.17, 15) is 4.79 Å². The molecule has 0 fully saturated rings. The van der Waals surface area contributed by atoms with E-state index in [1.807, 2.05) is 24.3 Å². The van der Waals surface area contributed by atoms with Crippen molar-refractivity contribution in [3.8, 4) is 11.3 Å². The molecule has 0 radical (unpaired) electrons. The average Bonchev–Trinajstić information content (AvgIpc) is 2.79. The molecule has 0 N–H and O–H groups in total. The number of aromatic nitrogens is 1. The molecule has 0 atom stereocenters. The monoisotopic (exact) mass is 295 g/mol. The van der Waals surface area contributed by atoms with Crippen LogP contribution in [-0.4, -0.2) is 17.6 Å². The van der Waals surface area contributed by atoms with Crippen LogP contribution in [0.25, 0.3) is 11.3 Å². The first-order valence-electron chi connectivity index (χ1n) is 5.10. The van der Waals surface area contributed by atoms with Crippen LogP contribution in [0.5, 0.6) is 0 Å². The fourth-order valence-corrected chi connectivity index (χ4v) is 1.83. The van der Waals surface area contributed by atoms with Gasteiger partial charge in [0.05, 0.1) is 12.8 Å². The summed E-state index contributed by atoms with van der Waals surface area (Å²) in [6.45, 7) is 2.03. The molecule has 0 aliphatic carbocycles. The van der Waals surface area contributed by atoms with E-state index in [0.717, 1.165) is 10.0 Å². The van der Waals surface area contributed by atoms with Crippen molar-refractivity contribution in [2.75, 3.05) is 6.61 Å². The summed E-state index contributed by atoms with van der Waals surface area (Å²) in [5.74, 6) is -0.0519. The number of hydrogen-bond acceptors (Lipinski definition) is 4. The van der Waals surface area contributed by atoms with Crippen molar-refractivity contribution in [1.82, 2.24) is 4.98 Å². The molecule has 2 aromatic rings. The summed E-state index contributed by atoms with van der Waals surface area (Å²) in [7, 11) is 0. The number of halogens is 1. The van der Waals surface area contributed by atoms with Gasteiger partial charge in [-0.25, -0.2) is 9.78 Å². The van der Waals surface area contributed by atoms with E-state index in [4.69, 9.17) is 9.15 Å². The molecule has 0 amide bonds. The number of benzene rings is 1. The number of nitrogens with zero attached hydrogens (tertiary/aromatic N) is 1. The van der Waals surface area contributed by atoms with Crippen molar-refractivity contribution < 1.29 is 13.9 Å². The molecule has 4 nitrogen and oxygen atoms in total. The lowest BCUT2D eigenvalue weighted by molar-refractivity contribution is 0.0482. The molecule has 0 bridgehead atoms. The molecule has 0 saturated carbocycles. The number of carbonyl (C=O) groups excluding carboxylic acids is 1. The molecule has 0 spiro atoms. The van der Waals surface area contributed by atoms with Crippen molar-refractivity contribution >= 4 is 21.9 Å². The molecular weight excluding hydrogens is 286 g/mol. The lowest BCUT2D eigenvalue weighted by atomic mass is 10.2. The third-order valence-electron chi connectivity index (χ3n) is 2.10. The molecule has 1 aromatic heterocycles. The molecule has 17 heavy (non-hydrogen) atoms. The van der Waals surface area contributed by atoms with Crippen LogP contribution in [0.1, 0.15) is 17.6 Å². The maximum Gasteiger partial charge on any atom is 0.394 e. The van der Waals surface area contributed by atoms with Crippen LogP contribution in [0.3, 0.4) is 0 Å². The number of carbonyl (C=O) groups is 1. The molecule has 0 aliphatic heterocycles. The number of ether oxygens (including phenoxy) is 1. The Balaban J connectivity index is 2.30. The van der Waals surface area contributed by atoms with E-state index in [1.54, 1.807) is 6.92 Å². The van der Waals surface area contributed by atoms with Crippen molar-refractivity contribution in [1.29, 1.82) is 0 Å². The first-order chi connectivity index (χ1) is 8.22. The Labute approximate surface area is 107 Å². The predicted octanol–water partition coefficient (Wildman–Crippen LogP) is 3.28. The van der Waals surface area contributed by atoms with Gasteiger partial charge in [-0.15, -0.1) is 0 Å². The molecule has 2 rings (SSSR count). The summed E-state index contributed by atoms with van der Waals surface area (Å²) in [4.78, 5) is 15.3. The minimum absolute atomic E-state index is 0.0300. The maximum absolute atomic E-state index is 11.4. The Morgan fingerprint density at radius 3 is 2.94 bits per heavy atom. The molecule has 88 valence electrons. The van der Waals surface area contributed by atoms with Gasteiger partial charge < -0.3 is 9.15 Å². The van der Waals surface area contributed by atoms with Crippen LogP contribution >= 0.6 is 15.9 Å². The van der Waals surface area contributed by atoms with Gasteiger partial charge in [0.1, 0.15) is 0 Å². The second-order valence-corrected chi connectivity index (χ2v) is 4.08. The standard InChI is InChI=1S/C12H10BrNO3/c1-2-16-12(15)11-14-7-10(17-11)8-5-3-4-6-9(8)13/h3-7H,2H2,1H3. The Hall–Kier alpha value is -1.62. The number of oxazole rings is 1. The number of hydrogen-bond donors (Lipinski definition) is 0. The quantitative estimate of drug-likeness (QED) is 0.816. The molecule has 0 aliphatic rings. The normalized spacial score (nSPS) is 10.2. The fourth-order valence-electron chi connectivity index (χ4n) is 1.35. The Bertz CT molecular complexity index is 536. The molecule has 1 heterocycles. The highest BCUT2D eigenvalue weighted by Gasteiger charge is 2.15. The Morgan fingerprint density at radius 1 is 1.47 bits per heavy atom. The molecule has 0 saturated heterocycles. The van der Waals surface area contributed by atoms with Crippen molar-refractivity contribution in [3.63, 3.8) is 0 Å². The highest BCUT2D eigenvalue weighted by Crippen LogP contribution is 2.28. The zero-order valence-corrected chi connectivity index (χ0v) is 10.7. The van der Waals surface area contributed by atoms with E-state index in [-0.39, 0.29) is 5.89 Å². The van der Waals surface area contributed by atoms with Crippen LogP contribution in [0.2, 0.25) is 0 Å². The molecule has 5 heteroatoms. The number of esters is 1. The minimum atomic E-state index is -0.550. The van der Waals surface area contributed by atoms with Crippen LogP contribution in [0, 0.1) is 0 Å². The molecule has 0 unspecified atom stereocenters. The van der Waals surface area contributed by atoms with Gasteiger partial charge in [0.25, 0.3) is 0 Å². The van der Waals surface area contributed by atoms with Gasteiger partial charge in [-0.05, 0) is 13.0 Å². The highest BCUT2D eigenvalue weighted by molar-refractivity contribution is 9.10. The van der Waals surface area contributed by atoms with Crippen molar-refractivity contribution in [2.24, 2.45) is 0 Å². The average molecular weight is 296 g/mol. The third kappa shape index (κ3) is 2.55. The van der Waals surface area contributed by atoms with Gasteiger partial charge in [0.2, 0.25) is 0 Å². The summed E-state index contributed by atoms with van der Waals surface area (Å²) in [5, 5.41) is 0. The summed E-state index contributed by atoms with van der Waals surface area (Å²) in [6, 6.07) is 7.55. The summed E-state index contributed by atoms with van der Waals surface area (Å²) < 4.78 is 11.0. The largest absolute Gasteiger partial charge is 0.459 e. The van der Waals surface area contributed by atoms with E-state index >= 15 is 0 Å². The molecule has 1 aromatic carbocycles. The minimum Gasteiger partial charge on any atom is -0.459 e. The van der Waals surface area contributed by atoms with E-state index in [1.165, 1.54) is 6.20 Å². The van der Waals surface area contributed by atoms with Gasteiger partial charge in [0, 0.05) is 10.0 Å². The van der Waals surface area contributed by atoms with Crippen molar-refractivity contribution in [3.05, 3.63) is 40.8 Å². The smallest absolute Gasteiger partial charge is 0.394 e. The summed E-state index contributed by atoms with van der Waals surface area (Å²) >= 11 is 3.41. The van der Waals surface area contributed by atoms with Gasteiger partial charge in [-0.2, -0.15) is 0 Å². The SMILES string of the molecule is CCOC(=O)c1ncc(-c2ccccc2Br)o1. The Morgan fingerprint density at radius 2 is 2.24 bits per heavy atom. The van der Waals surface area contributed by atoms with E-state index < -0.39 is 5.97 Å². The second kappa shape index (κ2) is 5.14. The second-order valence-electron chi connectivity index (χ2n) is 3.23. The lowest BCUT2D eigenvalue weighted by Crippen LogP contribution is -2.04. The first kappa shape index (κ1) is 11.9. The predicted molar refractivity (Wildman–Crippen MR) is 65.6 cm³/mol. The maximum atomic E-state index is 11.4. The fraction of sp³-hybridized carbons (Fsp3) is 0.167. The van der Waals surface area contributed by atoms with Crippen LogP contribution in [0.15, 0.2) is 39.4 Å². The first-order valence-corrected chi connectivity index (χ1v) is 5.89. The van der Waals surface area contributed by atoms with E-state index in [0.29, 0.717) is 12.4 Å². The third-order valence-corrected chi connectivity index (χ3v) is 2.79. The van der Waals surface area contributed by atoms with Gasteiger partial charge in [-0.3, -0.25) is 0 Å². The van der Waals surface area contributed by atoms with Gasteiger partial charge >= 0.3 is 11.9 Å². The summed E-state index contributed by atoms with van der Waals surface area (Å²) in [6.07, 6.45) is 1.51. The topological polar surface area (TPSA) is 52.3 Å². The molecular formula is C12H10BrNO3.